The van der Waals surface area contributed by atoms with Crippen molar-refractivity contribution in [1.82, 2.24) is 15.1 Å². The van der Waals surface area contributed by atoms with E-state index in [0.29, 0.717) is 17.0 Å². The number of methoxy groups -OCH3 is 1. The van der Waals surface area contributed by atoms with E-state index in [4.69, 9.17) is 9.15 Å². The number of amides is 1. The minimum atomic E-state index is -0.448. The number of hydrogen-bond donors (Lipinski definition) is 1. The molecule has 0 unspecified atom stereocenters. The quantitative estimate of drug-likeness (QED) is 0.729. The molecule has 1 N–H and O–H groups in total. The van der Waals surface area contributed by atoms with Crippen LogP contribution < -0.4 is 15.6 Å². The Bertz CT molecular complexity index is 967. The third-order valence-electron chi connectivity index (χ3n) is 3.64. The molecule has 3 aromatic rings. The van der Waals surface area contributed by atoms with Gasteiger partial charge in [-0.05, 0) is 30.3 Å². The molecule has 134 valence electrons. The Morgan fingerprint density at radius 1 is 1.31 bits per heavy atom. The molecule has 0 aliphatic rings. The second-order valence-electron chi connectivity index (χ2n) is 5.42. The molecule has 2 heterocycles. The first-order chi connectivity index (χ1) is 12.6. The summed E-state index contributed by atoms with van der Waals surface area (Å²) in [4.78, 5) is 24.0. The van der Waals surface area contributed by atoms with Crippen molar-refractivity contribution in [3.05, 3.63) is 70.7 Å². The monoisotopic (exact) mass is 357 g/mol. The Morgan fingerprint density at radius 3 is 2.88 bits per heavy atom. The number of ether oxygens (including phenoxy) is 1. The van der Waals surface area contributed by atoms with Crippen molar-refractivity contribution in [3.8, 4) is 17.0 Å². The fourth-order valence-electron chi connectivity index (χ4n) is 2.37. The smallest absolute Gasteiger partial charge is 0.267 e. The van der Waals surface area contributed by atoms with Crippen LogP contribution in [-0.2, 0) is 17.9 Å². The summed E-state index contributed by atoms with van der Waals surface area (Å²) >= 11 is 0. The number of nitrogens with zero attached hydrogens (tertiary/aromatic N) is 2. The molecule has 0 aliphatic heterocycles. The van der Waals surface area contributed by atoms with Crippen LogP contribution in [0.5, 0.6) is 5.75 Å². The number of benzene rings is 1. The Morgan fingerprint density at radius 2 is 2.15 bits per heavy atom. The zero-order valence-corrected chi connectivity index (χ0v) is 13.9. The van der Waals surface area contributed by atoms with Gasteiger partial charge in [-0.25, -0.2) is 9.07 Å². The lowest BCUT2D eigenvalue weighted by Crippen LogP contribution is -2.33. The van der Waals surface area contributed by atoms with Gasteiger partial charge in [-0.3, -0.25) is 9.59 Å². The molecule has 0 radical (unpaired) electrons. The predicted molar refractivity (Wildman–Crippen MR) is 91.0 cm³/mol. The van der Waals surface area contributed by atoms with Crippen LogP contribution in [0.1, 0.15) is 5.76 Å². The van der Waals surface area contributed by atoms with Gasteiger partial charge in [-0.2, -0.15) is 5.10 Å². The molecule has 0 fully saturated rings. The average molecular weight is 357 g/mol. The Kier molecular flexibility index (Phi) is 5.12. The number of carbonyl (C=O) groups excluding carboxylic acids is 1. The van der Waals surface area contributed by atoms with E-state index in [2.05, 4.69) is 10.4 Å². The maximum atomic E-state index is 13.4. The maximum absolute atomic E-state index is 13.4. The highest BCUT2D eigenvalue weighted by Crippen LogP contribution is 2.28. The number of rotatable bonds is 6. The minimum Gasteiger partial charge on any atom is -0.496 e. The summed E-state index contributed by atoms with van der Waals surface area (Å²) < 4.78 is 24.7. The van der Waals surface area contributed by atoms with Crippen LogP contribution in [-0.4, -0.2) is 22.8 Å². The Balaban J connectivity index is 1.79. The lowest BCUT2D eigenvalue weighted by atomic mass is 10.1. The molecule has 2 aromatic heterocycles. The third kappa shape index (κ3) is 3.97. The second kappa shape index (κ2) is 7.64. The van der Waals surface area contributed by atoms with Crippen molar-refractivity contribution in [2.24, 2.45) is 0 Å². The van der Waals surface area contributed by atoms with Gasteiger partial charge < -0.3 is 14.5 Å². The molecule has 0 saturated heterocycles. The van der Waals surface area contributed by atoms with E-state index >= 15 is 0 Å². The van der Waals surface area contributed by atoms with E-state index in [1.165, 1.54) is 43.7 Å². The molecule has 0 atom stereocenters. The topological polar surface area (TPSA) is 86.4 Å². The van der Waals surface area contributed by atoms with E-state index in [-0.39, 0.29) is 24.7 Å². The molecular weight excluding hydrogens is 341 g/mol. The third-order valence-corrected chi connectivity index (χ3v) is 3.64. The molecule has 1 amide bonds. The van der Waals surface area contributed by atoms with Crippen LogP contribution in [0.4, 0.5) is 4.39 Å². The first-order valence-electron chi connectivity index (χ1n) is 7.78. The first kappa shape index (κ1) is 17.4. The maximum Gasteiger partial charge on any atom is 0.267 e. The van der Waals surface area contributed by atoms with Crippen LogP contribution in [0.3, 0.4) is 0 Å². The highest BCUT2D eigenvalue weighted by atomic mass is 19.1. The summed E-state index contributed by atoms with van der Waals surface area (Å²) in [6.45, 7) is -0.0387. The van der Waals surface area contributed by atoms with Crippen LogP contribution in [0.2, 0.25) is 0 Å². The fraction of sp³-hybridized carbons (Fsp3) is 0.167. The predicted octanol–water partition coefficient (Wildman–Crippen LogP) is 1.97. The van der Waals surface area contributed by atoms with Gasteiger partial charge in [-0.1, -0.05) is 0 Å². The van der Waals surface area contributed by atoms with E-state index in [1.54, 1.807) is 12.1 Å². The minimum absolute atomic E-state index is 0.214. The number of aromatic nitrogens is 2. The van der Waals surface area contributed by atoms with Crippen LogP contribution in [0, 0.1) is 5.82 Å². The molecule has 7 nitrogen and oxygen atoms in total. The van der Waals surface area contributed by atoms with Gasteiger partial charge in [-0.15, -0.1) is 0 Å². The van der Waals surface area contributed by atoms with Crippen molar-refractivity contribution in [2.45, 2.75) is 13.1 Å². The van der Waals surface area contributed by atoms with Gasteiger partial charge in [0.05, 0.1) is 25.6 Å². The lowest BCUT2D eigenvalue weighted by molar-refractivity contribution is -0.122. The van der Waals surface area contributed by atoms with Gasteiger partial charge in [0.1, 0.15) is 23.9 Å². The summed E-state index contributed by atoms with van der Waals surface area (Å²) in [5.74, 6) is 0.0453. The fourth-order valence-corrected chi connectivity index (χ4v) is 2.37. The second-order valence-corrected chi connectivity index (χ2v) is 5.42. The van der Waals surface area contributed by atoms with Gasteiger partial charge >= 0.3 is 0 Å². The molecule has 0 saturated carbocycles. The molecule has 8 heteroatoms. The number of hydrogen-bond acceptors (Lipinski definition) is 5. The molecule has 0 aliphatic carbocycles. The number of halogens is 1. The lowest BCUT2D eigenvalue weighted by Gasteiger charge is -2.10. The van der Waals surface area contributed by atoms with Gasteiger partial charge in [0, 0.05) is 17.7 Å². The molecule has 0 spiro atoms. The van der Waals surface area contributed by atoms with Gasteiger partial charge in [0.2, 0.25) is 5.91 Å². The van der Waals surface area contributed by atoms with E-state index in [9.17, 15) is 14.0 Å². The highest BCUT2D eigenvalue weighted by molar-refractivity contribution is 5.75. The molecule has 0 bridgehead atoms. The van der Waals surface area contributed by atoms with Crippen molar-refractivity contribution >= 4 is 5.91 Å². The Labute approximate surface area is 148 Å². The van der Waals surface area contributed by atoms with Crippen LogP contribution >= 0.6 is 0 Å². The van der Waals surface area contributed by atoms with Crippen molar-refractivity contribution < 1.29 is 18.3 Å². The van der Waals surface area contributed by atoms with Crippen molar-refractivity contribution in [3.63, 3.8) is 0 Å². The average Bonchev–Trinajstić information content (AvgIpc) is 3.15. The Hall–Kier alpha value is -3.42. The number of nitrogens with one attached hydrogen (secondary N) is 1. The number of carbonyl (C=O) groups is 1. The highest BCUT2D eigenvalue weighted by Gasteiger charge is 2.12. The summed E-state index contributed by atoms with van der Waals surface area (Å²) in [5.41, 5.74) is 0.474. The number of furan rings is 1. The molecule has 3 rings (SSSR count). The van der Waals surface area contributed by atoms with Gasteiger partial charge in [0.15, 0.2) is 0 Å². The molecule has 1 aromatic carbocycles. The summed E-state index contributed by atoms with van der Waals surface area (Å²) in [7, 11) is 1.41. The molecular formula is C18H16FN3O4. The summed E-state index contributed by atoms with van der Waals surface area (Å²) in [5, 5.41) is 6.83. The van der Waals surface area contributed by atoms with Crippen LogP contribution in [0.25, 0.3) is 11.3 Å². The molecule has 26 heavy (non-hydrogen) atoms. The van der Waals surface area contributed by atoms with Gasteiger partial charge in [0.25, 0.3) is 5.56 Å². The summed E-state index contributed by atoms with van der Waals surface area (Å²) in [6, 6.07) is 10.2. The standard InChI is InChI=1S/C18H16FN3O4/c1-25-16-9-12(19)4-5-14(16)15-6-7-18(24)22(21-15)11-17(23)20-10-13-3-2-8-26-13/h2-9H,10-11H2,1H3,(H,20,23). The van der Waals surface area contributed by atoms with E-state index < -0.39 is 11.4 Å². The normalized spacial score (nSPS) is 10.5. The largest absolute Gasteiger partial charge is 0.496 e. The van der Waals surface area contributed by atoms with E-state index in [0.717, 1.165) is 4.68 Å². The zero-order valence-electron chi connectivity index (χ0n) is 13.9. The SMILES string of the molecule is COc1cc(F)ccc1-c1ccc(=O)n(CC(=O)NCc2ccco2)n1. The first-order valence-corrected chi connectivity index (χ1v) is 7.78. The summed E-state index contributed by atoms with van der Waals surface area (Å²) in [6.07, 6.45) is 1.51. The van der Waals surface area contributed by atoms with Crippen LogP contribution in [0.15, 0.2) is 57.9 Å². The zero-order chi connectivity index (χ0) is 18.5. The van der Waals surface area contributed by atoms with Crippen molar-refractivity contribution in [2.75, 3.05) is 7.11 Å². The van der Waals surface area contributed by atoms with E-state index in [1.807, 2.05) is 0 Å². The van der Waals surface area contributed by atoms with Crippen molar-refractivity contribution in [1.29, 1.82) is 0 Å².